The van der Waals surface area contributed by atoms with Gasteiger partial charge in [-0.2, -0.15) is 0 Å². The topological polar surface area (TPSA) is 41.5 Å². The molecular weight excluding hydrogens is 214 g/mol. The maximum absolute atomic E-state index is 9.67. The highest BCUT2D eigenvalue weighted by Gasteiger charge is 2.31. The minimum absolute atomic E-state index is 0.358. The molecule has 3 nitrogen and oxygen atoms in total. The van der Waals surface area contributed by atoms with Crippen molar-refractivity contribution in [2.45, 2.75) is 46.1 Å². The molecule has 17 heavy (non-hydrogen) atoms. The monoisotopic (exact) mass is 243 g/mol. The van der Waals surface area contributed by atoms with Crippen LogP contribution in [0.4, 0.5) is 0 Å². The van der Waals surface area contributed by atoms with E-state index in [0.717, 1.165) is 37.3 Å². The van der Waals surface area contributed by atoms with Crippen LogP contribution in [-0.4, -0.2) is 37.5 Å². The van der Waals surface area contributed by atoms with Gasteiger partial charge in [-0.25, -0.2) is 0 Å². The van der Waals surface area contributed by atoms with Crippen molar-refractivity contribution in [3.63, 3.8) is 0 Å². The lowest BCUT2D eigenvalue weighted by molar-refractivity contribution is 0.0347. The minimum atomic E-state index is -0.358. The van der Waals surface area contributed by atoms with Crippen LogP contribution in [-0.2, 0) is 4.74 Å². The van der Waals surface area contributed by atoms with Gasteiger partial charge in [0.15, 0.2) is 0 Å². The van der Waals surface area contributed by atoms with Crippen LogP contribution in [0.1, 0.15) is 40.0 Å². The fourth-order valence-corrected chi connectivity index (χ4v) is 1.99. The second-order valence-corrected chi connectivity index (χ2v) is 5.90. The van der Waals surface area contributed by atoms with Gasteiger partial charge < -0.3 is 15.2 Å². The standard InChI is InChI=1S/C14H29NO2/c1-11(2)5-4-6-17-10-14(16)9-15-8-13-7-12(13)3/h11-16H,4-10H2,1-3H3. The van der Waals surface area contributed by atoms with Crippen molar-refractivity contribution in [2.75, 3.05) is 26.3 Å². The summed E-state index contributed by atoms with van der Waals surface area (Å²) in [5.74, 6) is 2.46. The quantitative estimate of drug-likeness (QED) is 0.577. The third kappa shape index (κ3) is 7.74. The van der Waals surface area contributed by atoms with Gasteiger partial charge in [0.05, 0.1) is 12.7 Å². The van der Waals surface area contributed by atoms with E-state index in [0.29, 0.717) is 13.2 Å². The molecule has 1 aliphatic rings. The van der Waals surface area contributed by atoms with Gasteiger partial charge in [0, 0.05) is 13.2 Å². The molecular formula is C14H29NO2. The third-order valence-electron chi connectivity index (χ3n) is 3.44. The predicted octanol–water partition coefficient (Wildman–Crippen LogP) is 2.05. The number of nitrogens with one attached hydrogen (secondary N) is 1. The van der Waals surface area contributed by atoms with Gasteiger partial charge in [-0.15, -0.1) is 0 Å². The zero-order valence-electron chi connectivity index (χ0n) is 11.6. The van der Waals surface area contributed by atoms with Gasteiger partial charge in [0.25, 0.3) is 0 Å². The van der Waals surface area contributed by atoms with Crippen LogP contribution < -0.4 is 5.32 Å². The minimum Gasteiger partial charge on any atom is -0.389 e. The average molecular weight is 243 g/mol. The first-order valence-electron chi connectivity index (χ1n) is 7.06. The molecule has 1 aliphatic carbocycles. The van der Waals surface area contributed by atoms with Crippen molar-refractivity contribution in [1.82, 2.24) is 5.32 Å². The Labute approximate surface area is 106 Å². The number of ether oxygens (including phenoxy) is 1. The fraction of sp³-hybridized carbons (Fsp3) is 1.00. The smallest absolute Gasteiger partial charge is 0.0897 e. The molecule has 1 rings (SSSR count). The Morgan fingerprint density at radius 2 is 2.12 bits per heavy atom. The maximum atomic E-state index is 9.67. The van der Waals surface area contributed by atoms with Crippen molar-refractivity contribution in [3.8, 4) is 0 Å². The lowest BCUT2D eigenvalue weighted by atomic mass is 10.1. The second-order valence-electron chi connectivity index (χ2n) is 5.90. The van der Waals surface area contributed by atoms with E-state index < -0.39 is 0 Å². The van der Waals surface area contributed by atoms with Crippen LogP contribution in [0.2, 0.25) is 0 Å². The second kappa shape index (κ2) is 8.06. The molecule has 0 aromatic rings. The van der Waals surface area contributed by atoms with Gasteiger partial charge in [0.2, 0.25) is 0 Å². The number of hydrogen-bond acceptors (Lipinski definition) is 3. The van der Waals surface area contributed by atoms with E-state index in [1.165, 1.54) is 12.8 Å². The fourth-order valence-electron chi connectivity index (χ4n) is 1.99. The first kappa shape index (κ1) is 14.9. The highest BCUT2D eigenvalue weighted by atomic mass is 16.5. The van der Waals surface area contributed by atoms with E-state index in [1.807, 2.05) is 0 Å². The Hall–Kier alpha value is -0.120. The SMILES string of the molecule is CC(C)CCCOCC(O)CNCC1CC1C. The van der Waals surface area contributed by atoms with Gasteiger partial charge in [-0.05, 0) is 43.6 Å². The number of rotatable bonds is 10. The molecule has 3 heteroatoms. The number of aliphatic hydroxyl groups is 1. The van der Waals surface area contributed by atoms with Gasteiger partial charge >= 0.3 is 0 Å². The Balaban J connectivity index is 1.82. The predicted molar refractivity (Wildman–Crippen MR) is 71.0 cm³/mol. The Bertz CT molecular complexity index is 197. The molecule has 0 aromatic heterocycles. The van der Waals surface area contributed by atoms with Crippen LogP contribution in [0, 0.1) is 17.8 Å². The summed E-state index contributed by atoms with van der Waals surface area (Å²) < 4.78 is 5.45. The molecule has 0 aliphatic heterocycles. The van der Waals surface area contributed by atoms with E-state index in [1.54, 1.807) is 0 Å². The van der Waals surface area contributed by atoms with E-state index >= 15 is 0 Å². The van der Waals surface area contributed by atoms with E-state index in [9.17, 15) is 5.11 Å². The summed E-state index contributed by atoms with van der Waals surface area (Å²) in [5, 5.41) is 13.0. The van der Waals surface area contributed by atoms with Crippen LogP contribution in [0.3, 0.4) is 0 Å². The molecule has 0 bridgehead atoms. The molecule has 3 atom stereocenters. The molecule has 102 valence electrons. The van der Waals surface area contributed by atoms with Crippen molar-refractivity contribution in [3.05, 3.63) is 0 Å². The molecule has 1 saturated carbocycles. The normalized spacial score (nSPS) is 25.2. The molecule has 0 spiro atoms. The van der Waals surface area contributed by atoms with Crippen molar-refractivity contribution >= 4 is 0 Å². The van der Waals surface area contributed by atoms with E-state index in [4.69, 9.17) is 4.74 Å². The molecule has 3 unspecified atom stereocenters. The first-order chi connectivity index (χ1) is 8.09. The van der Waals surface area contributed by atoms with Crippen molar-refractivity contribution in [1.29, 1.82) is 0 Å². The molecule has 0 radical (unpaired) electrons. The van der Waals surface area contributed by atoms with Gasteiger partial charge in [-0.3, -0.25) is 0 Å². The first-order valence-corrected chi connectivity index (χ1v) is 7.06. The largest absolute Gasteiger partial charge is 0.389 e. The lowest BCUT2D eigenvalue weighted by Crippen LogP contribution is -2.31. The average Bonchev–Trinajstić information content (AvgIpc) is 2.93. The zero-order valence-corrected chi connectivity index (χ0v) is 11.6. The third-order valence-corrected chi connectivity index (χ3v) is 3.44. The molecule has 1 fully saturated rings. The zero-order chi connectivity index (χ0) is 12.7. The van der Waals surface area contributed by atoms with Gasteiger partial charge in [-0.1, -0.05) is 20.8 Å². The molecule has 0 saturated heterocycles. The molecule has 0 heterocycles. The van der Waals surface area contributed by atoms with Crippen LogP contribution in [0.25, 0.3) is 0 Å². The summed E-state index contributed by atoms with van der Waals surface area (Å²) in [6.07, 6.45) is 3.28. The summed E-state index contributed by atoms with van der Waals surface area (Å²) in [5.41, 5.74) is 0. The number of aliphatic hydroxyl groups excluding tert-OH is 1. The number of hydrogen-bond donors (Lipinski definition) is 2. The van der Waals surface area contributed by atoms with Crippen LogP contribution in [0.5, 0.6) is 0 Å². The Morgan fingerprint density at radius 1 is 1.41 bits per heavy atom. The van der Waals surface area contributed by atoms with E-state index in [2.05, 4.69) is 26.1 Å². The molecule has 0 aromatic carbocycles. The highest BCUT2D eigenvalue weighted by Crippen LogP contribution is 2.36. The summed E-state index contributed by atoms with van der Waals surface area (Å²) in [6.45, 7) is 9.66. The van der Waals surface area contributed by atoms with Crippen molar-refractivity contribution in [2.24, 2.45) is 17.8 Å². The summed E-state index contributed by atoms with van der Waals surface area (Å²) in [4.78, 5) is 0. The molecule has 2 N–H and O–H groups in total. The van der Waals surface area contributed by atoms with Gasteiger partial charge in [0.1, 0.15) is 0 Å². The van der Waals surface area contributed by atoms with Crippen LogP contribution in [0.15, 0.2) is 0 Å². The molecule has 0 amide bonds. The summed E-state index contributed by atoms with van der Waals surface area (Å²) in [6, 6.07) is 0. The lowest BCUT2D eigenvalue weighted by Gasteiger charge is -2.12. The Morgan fingerprint density at radius 3 is 2.71 bits per heavy atom. The van der Waals surface area contributed by atoms with Crippen LogP contribution >= 0.6 is 0 Å². The Kier molecular flexibility index (Phi) is 7.09. The summed E-state index contributed by atoms with van der Waals surface area (Å²) >= 11 is 0. The van der Waals surface area contributed by atoms with Crippen molar-refractivity contribution < 1.29 is 9.84 Å². The summed E-state index contributed by atoms with van der Waals surface area (Å²) in [7, 11) is 0. The maximum Gasteiger partial charge on any atom is 0.0897 e. The highest BCUT2D eigenvalue weighted by molar-refractivity contribution is 4.84. The van der Waals surface area contributed by atoms with E-state index in [-0.39, 0.29) is 6.10 Å².